The molecule has 0 rings (SSSR count). The second-order valence-corrected chi connectivity index (χ2v) is 17.4. The topological polar surface area (TPSA) is 587 Å². The van der Waals surface area contributed by atoms with Crippen LogP contribution in [0.2, 0.25) is 0 Å². The van der Waals surface area contributed by atoms with Crippen molar-refractivity contribution in [3.8, 4) is 0 Å². The van der Waals surface area contributed by atoms with Gasteiger partial charge in [-0.25, -0.2) is 0 Å². The van der Waals surface area contributed by atoms with Gasteiger partial charge in [0.1, 0.15) is 54.4 Å². The monoisotopic (exact) mass is 1130 g/mol. The number of carbonyl (C=O) groups is 16. The van der Waals surface area contributed by atoms with E-state index in [1.165, 1.54) is 6.92 Å². The van der Waals surface area contributed by atoms with Gasteiger partial charge < -0.3 is 100 Å². The predicted molar refractivity (Wildman–Crippen MR) is 262 cm³/mol. The molecule has 0 bridgehead atoms. The fourth-order valence-corrected chi connectivity index (χ4v) is 6.46. The van der Waals surface area contributed by atoms with Crippen LogP contribution in [0.4, 0.5) is 0 Å². The summed E-state index contributed by atoms with van der Waals surface area (Å²) >= 11 is 0. The summed E-state index contributed by atoms with van der Waals surface area (Å²) in [6.45, 7) is 9.72. The summed E-state index contributed by atoms with van der Waals surface area (Å²) in [7, 11) is 0. The van der Waals surface area contributed by atoms with Gasteiger partial charge >= 0.3 is 35.8 Å². The quantitative estimate of drug-likeness (QED) is 0.0271. The number of amides is 10. The molecule has 10 atom stereocenters. The Bertz CT molecular complexity index is 2350. The second kappa shape index (κ2) is 34.3. The summed E-state index contributed by atoms with van der Waals surface area (Å²) in [6, 6.07) is -17.9. The van der Waals surface area contributed by atoms with Crippen LogP contribution >= 0.6 is 0 Å². The van der Waals surface area contributed by atoms with E-state index in [2.05, 4.69) is 39.7 Å². The average Bonchev–Trinajstić information content (AvgIpc) is 3.32. The lowest BCUT2D eigenvalue weighted by atomic mass is 10.1. The van der Waals surface area contributed by atoms with E-state index >= 15 is 0 Å². The molecule has 0 aliphatic carbocycles. The van der Waals surface area contributed by atoms with Crippen LogP contribution in [-0.4, -0.2) is 198 Å². The molecule has 0 fully saturated rings. The van der Waals surface area contributed by atoms with Crippen LogP contribution < -0.4 is 64.6 Å². The summed E-state index contributed by atoms with van der Waals surface area (Å²) in [5.74, 6) is -22.2. The highest BCUT2D eigenvalue weighted by molar-refractivity contribution is 6.00. The highest BCUT2D eigenvalue weighted by Gasteiger charge is 2.36. The fraction of sp³-hybridized carbons (Fsp3) is 0.545. The van der Waals surface area contributed by atoms with E-state index in [1.54, 1.807) is 0 Å². The van der Waals surface area contributed by atoms with Crippen LogP contribution in [0.1, 0.15) is 85.0 Å². The van der Waals surface area contributed by atoms with Crippen LogP contribution in [-0.2, 0) is 76.7 Å². The average molecular weight is 1130 g/mol. The Hall–Kier alpha value is -9.44. The lowest BCUT2D eigenvalue weighted by Crippen LogP contribution is -2.60. The molecule has 21 N–H and O–H groups in total. The van der Waals surface area contributed by atoms with E-state index in [0.717, 1.165) is 13.8 Å². The minimum Gasteiger partial charge on any atom is -0.481 e. The van der Waals surface area contributed by atoms with Crippen LogP contribution in [0.25, 0.3) is 0 Å². The third-order valence-corrected chi connectivity index (χ3v) is 10.5. The largest absolute Gasteiger partial charge is 0.481 e. The Morgan fingerprint density at radius 1 is 0.367 bits per heavy atom. The zero-order valence-electron chi connectivity index (χ0n) is 42.8. The molecule has 0 heterocycles. The number of hydrogen-bond donors (Lipinski definition) is 19. The van der Waals surface area contributed by atoms with Gasteiger partial charge in [0.05, 0.1) is 38.3 Å². The predicted octanol–water partition coefficient (Wildman–Crippen LogP) is -7.76. The van der Waals surface area contributed by atoms with Crippen molar-refractivity contribution >= 4 is 94.9 Å². The second-order valence-electron chi connectivity index (χ2n) is 17.4. The zero-order valence-corrected chi connectivity index (χ0v) is 42.8. The molecule has 0 radical (unpaired) electrons. The molecule has 5 unspecified atom stereocenters. The molecule has 35 nitrogen and oxygen atoms in total. The zero-order chi connectivity index (χ0) is 61.0. The number of aliphatic hydroxyl groups is 1. The molecular formula is C44H66N12O23. The molecule has 0 aliphatic rings. The maximum atomic E-state index is 13.6. The van der Waals surface area contributed by atoms with E-state index in [0.29, 0.717) is 0 Å². The summed E-state index contributed by atoms with van der Waals surface area (Å²) < 4.78 is 0. The molecule has 0 aromatic carbocycles. The molecule has 10 amide bonds. The first-order chi connectivity index (χ1) is 36.6. The van der Waals surface area contributed by atoms with Crippen LogP contribution in [0.15, 0.2) is 24.6 Å². The number of carbonyl (C=O) groups excluding carboxylic acids is 10. The summed E-state index contributed by atoms with van der Waals surface area (Å²) in [5.41, 5.74) is 10.2. The summed E-state index contributed by atoms with van der Waals surface area (Å²) in [4.78, 5) is 200. The van der Waals surface area contributed by atoms with Gasteiger partial charge in [0.25, 0.3) is 0 Å². The minimum absolute atomic E-state index is 0.183. The Morgan fingerprint density at radius 2 is 0.646 bits per heavy atom. The number of aliphatic hydroxyl groups excluding tert-OH is 1. The van der Waals surface area contributed by atoms with Gasteiger partial charge in [-0.05, 0) is 40.0 Å². The van der Waals surface area contributed by atoms with E-state index in [1.807, 2.05) is 26.6 Å². The maximum Gasteiger partial charge on any atom is 0.305 e. The van der Waals surface area contributed by atoms with Crippen LogP contribution in [0, 0.1) is 0 Å². The van der Waals surface area contributed by atoms with Crippen molar-refractivity contribution in [1.29, 1.82) is 0 Å². The van der Waals surface area contributed by atoms with Gasteiger partial charge in [0.15, 0.2) is 0 Å². The molecule has 0 aliphatic heterocycles. The first kappa shape index (κ1) is 69.6. The van der Waals surface area contributed by atoms with Crippen molar-refractivity contribution < 1.29 is 112 Å². The van der Waals surface area contributed by atoms with Crippen molar-refractivity contribution in [3.63, 3.8) is 0 Å². The van der Waals surface area contributed by atoms with E-state index < -0.39 is 226 Å². The standard InChI is InChI=1S/C44H66N12O23/c1-17(2)47-25(13-33(65)66)42(77)56-28(16-57)18(3)48-21(6-9-30(59)60)39(74)55-27(15-35(69)70)44(79)54-24(12-29(45)58)41(76)50-20(5)37(72)53-26(14-34(67)68)43(78)52-23(8-11-32(63)64)40(75)51-22(7-10-31(61)62)38(73)49-19(4)36(46)71/h19-28,47-48,57H,1,3,6-16H2,2,4-5H3,(H2,45,58)(H2,46,71)(H,49,73)(H,50,76)(H,51,75)(H,52,78)(H,53,72)(H,54,79)(H,55,74)(H,56,77)(H,59,60)(H,61,62)(H,63,64)(H,65,66)(H,67,68)(H,69,70)/t19?,20?,21-,22-,23?,24-,25-,26-,27?,28?/m1/s1. The van der Waals surface area contributed by atoms with Gasteiger partial charge in [0.2, 0.25) is 59.1 Å². The number of nitrogens with two attached hydrogens (primary N) is 2. The molecule has 440 valence electrons. The molecule has 79 heavy (non-hydrogen) atoms. The lowest BCUT2D eigenvalue weighted by Gasteiger charge is -2.28. The van der Waals surface area contributed by atoms with Gasteiger partial charge in [-0.1, -0.05) is 13.2 Å². The Labute approximate surface area is 447 Å². The van der Waals surface area contributed by atoms with Crippen LogP contribution in [0.3, 0.4) is 0 Å². The van der Waals surface area contributed by atoms with Gasteiger partial charge in [-0.3, -0.25) is 76.7 Å². The summed E-state index contributed by atoms with van der Waals surface area (Å²) in [5, 5.41) is 87.9. The third-order valence-electron chi connectivity index (χ3n) is 10.5. The number of rotatable bonds is 40. The minimum atomic E-state index is -2.16. The SMILES string of the molecule is C=C(C)N[C@H](CC(=O)O)C(=O)NC(CO)C(=C)N[C@H](CCC(=O)O)C(=O)NC(CC(=O)O)C(=O)N[C@H](CC(N)=O)C(=O)NC(C)C(=O)N[C@H](CC(=O)O)C(=O)NC(CCC(=O)O)C(=O)N[C@H](CCC(=O)O)C(=O)NC(C)C(N)=O. The van der Waals surface area contributed by atoms with Gasteiger partial charge in [-0.15, -0.1) is 0 Å². The molecule has 0 saturated heterocycles. The van der Waals surface area contributed by atoms with Gasteiger partial charge in [0, 0.05) is 30.7 Å². The lowest BCUT2D eigenvalue weighted by molar-refractivity contribution is -0.142. The van der Waals surface area contributed by atoms with Crippen molar-refractivity contribution in [1.82, 2.24) is 53.2 Å². The number of allylic oxidation sites excluding steroid dienone is 1. The molecule has 0 aromatic heterocycles. The Kier molecular flexibility index (Phi) is 30.2. The first-order valence-electron chi connectivity index (χ1n) is 23.4. The van der Waals surface area contributed by atoms with Crippen molar-refractivity contribution in [2.45, 2.75) is 145 Å². The number of carboxylic acid groups (broad SMARTS) is 6. The molecular weight excluding hydrogens is 1060 g/mol. The Morgan fingerprint density at radius 3 is 0.975 bits per heavy atom. The number of nitrogens with one attached hydrogen (secondary N) is 10. The number of carboxylic acids is 6. The Balaban J connectivity index is 6.57. The first-order valence-corrected chi connectivity index (χ1v) is 23.4. The van der Waals surface area contributed by atoms with Crippen molar-refractivity contribution in [3.05, 3.63) is 24.6 Å². The highest BCUT2D eigenvalue weighted by atomic mass is 16.4. The summed E-state index contributed by atoms with van der Waals surface area (Å²) in [6.07, 6.45) is -8.70. The normalized spacial score (nSPS) is 14.4. The third kappa shape index (κ3) is 28.3. The van der Waals surface area contributed by atoms with Gasteiger partial charge in [-0.2, -0.15) is 0 Å². The molecule has 0 aromatic rings. The number of aliphatic carboxylic acids is 6. The molecule has 35 heteroatoms. The smallest absolute Gasteiger partial charge is 0.305 e. The maximum absolute atomic E-state index is 13.6. The molecule has 0 saturated carbocycles. The van der Waals surface area contributed by atoms with Crippen molar-refractivity contribution in [2.75, 3.05) is 6.61 Å². The van der Waals surface area contributed by atoms with Crippen LogP contribution in [0.5, 0.6) is 0 Å². The van der Waals surface area contributed by atoms with E-state index in [4.69, 9.17) is 16.6 Å². The fourth-order valence-electron chi connectivity index (χ4n) is 6.46. The number of hydrogen-bond acceptors (Lipinski definition) is 19. The van der Waals surface area contributed by atoms with E-state index in [9.17, 15) is 107 Å². The van der Waals surface area contributed by atoms with E-state index in [-0.39, 0.29) is 11.4 Å². The van der Waals surface area contributed by atoms with Crippen molar-refractivity contribution in [2.24, 2.45) is 11.5 Å². The number of primary amides is 2. The highest BCUT2D eigenvalue weighted by Crippen LogP contribution is 2.10. The molecule has 0 spiro atoms.